The lowest BCUT2D eigenvalue weighted by Gasteiger charge is -1.94. The van der Waals surface area contributed by atoms with Crippen LogP contribution in [0.2, 0.25) is 5.02 Å². The largest absolute Gasteiger partial charge is 1.00 e. The quantitative estimate of drug-likeness (QED) is 0.347. The Labute approximate surface area is 108 Å². The molecule has 0 amide bonds. The van der Waals surface area contributed by atoms with Crippen molar-refractivity contribution in [3.05, 3.63) is 29.0 Å². The van der Waals surface area contributed by atoms with E-state index in [0.29, 0.717) is 10.9 Å². The molecule has 0 saturated carbocycles. The van der Waals surface area contributed by atoms with Crippen LogP contribution in [0.1, 0.15) is 0 Å². The van der Waals surface area contributed by atoms with Crippen molar-refractivity contribution in [1.29, 1.82) is 0 Å². The van der Waals surface area contributed by atoms with Gasteiger partial charge in [0.25, 0.3) is 0 Å². The Balaban J connectivity index is 0.00000169. The summed E-state index contributed by atoms with van der Waals surface area (Å²) in [5, 5.41) is 0.626. The molecule has 0 heterocycles. The van der Waals surface area contributed by atoms with Gasteiger partial charge in [-0.1, -0.05) is 11.6 Å². The fraction of sp³-hybridized carbons (Fsp3) is 0.125. The molecule has 0 bridgehead atoms. The normalized spacial score (nSPS) is 10.9. The number of thioether (sulfide) groups is 1. The average molecular weight is 347 g/mol. The summed E-state index contributed by atoms with van der Waals surface area (Å²) in [5.41, 5.74) is 6.20. The first kappa shape index (κ1) is 14.0. The van der Waals surface area contributed by atoms with Crippen LogP contribution >= 0.6 is 23.4 Å². The minimum Gasteiger partial charge on any atom is -1.00 e. The van der Waals surface area contributed by atoms with Gasteiger partial charge in [-0.25, -0.2) is 9.38 Å². The number of hydrogen-bond acceptors (Lipinski definition) is 1. The first-order chi connectivity index (χ1) is 6.13. The van der Waals surface area contributed by atoms with E-state index in [4.69, 9.17) is 17.3 Å². The molecule has 0 aliphatic rings. The Bertz CT molecular complexity index is 346. The Kier molecular flexibility index (Phi) is 6.46. The second-order valence-corrected chi connectivity index (χ2v) is 3.58. The van der Waals surface area contributed by atoms with Crippen LogP contribution in [0.3, 0.4) is 0 Å². The first-order valence-corrected chi connectivity index (χ1v) is 5.12. The van der Waals surface area contributed by atoms with Crippen LogP contribution in [-0.4, -0.2) is 11.4 Å². The van der Waals surface area contributed by atoms with Gasteiger partial charge in [0.1, 0.15) is 11.5 Å². The molecule has 0 saturated heterocycles. The highest BCUT2D eigenvalue weighted by Gasteiger charge is 2.02. The summed E-state index contributed by atoms with van der Waals surface area (Å²) in [6, 6.07) is 4.35. The predicted octanol–water partition coefficient (Wildman–Crippen LogP) is -2.13. The molecule has 0 atom stereocenters. The fourth-order valence-electron chi connectivity index (χ4n) is 0.767. The third kappa shape index (κ3) is 4.02. The number of nitrogens with two attached hydrogens (primary N) is 1. The Morgan fingerprint density at radius 1 is 1.57 bits per heavy atom. The third-order valence-corrected chi connectivity index (χ3v) is 2.24. The molecule has 0 spiro atoms. The van der Waals surface area contributed by atoms with Gasteiger partial charge in [-0.3, -0.25) is 5.73 Å². The van der Waals surface area contributed by atoms with Gasteiger partial charge in [0.05, 0.1) is 5.02 Å². The van der Waals surface area contributed by atoms with Gasteiger partial charge in [-0.15, -0.1) is 0 Å². The van der Waals surface area contributed by atoms with E-state index >= 15 is 0 Å². The predicted molar refractivity (Wildman–Crippen MR) is 54.7 cm³/mol. The number of hydrogen-bond donors (Lipinski definition) is 2. The second kappa shape index (κ2) is 6.47. The minimum atomic E-state index is -0.435. The molecule has 0 radical (unpaired) electrons. The van der Waals surface area contributed by atoms with Gasteiger partial charge in [-0.2, -0.15) is 0 Å². The van der Waals surface area contributed by atoms with Crippen LogP contribution in [0, 0.1) is 5.82 Å². The van der Waals surface area contributed by atoms with Gasteiger partial charge in [0, 0.05) is 6.07 Å². The van der Waals surface area contributed by atoms with E-state index in [9.17, 15) is 4.39 Å². The minimum absolute atomic E-state index is 0. The summed E-state index contributed by atoms with van der Waals surface area (Å²) in [4.78, 5) is 2.87. The maximum absolute atomic E-state index is 12.7. The molecule has 78 valence electrons. The lowest BCUT2D eigenvalue weighted by molar-refractivity contribution is -0.351. The molecular formula is C8H9ClFIN2S. The molecule has 3 N–H and O–H groups in total. The van der Waals surface area contributed by atoms with E-state index in [0.717, 1.165) is 0 Å². The average Bonchev–Trinajstić information content (AvgIpc) is 2.11. The van der Waals surface area contributed by atoms with E-state index in [1.807, 2.05) is 6.26 Å². The van der Waals surface area contributed by atoms with Crippen LogP contribution in [-0.2, 0) is 0 Å². The zero-order valence-electron chi connectivity index (χ0n) is 7.35. The van der Waals surface area contributed by atoms with E-state index in [-0.39, 0.29) is 29.0 Å². The van der Waals surface area contributed by atoms with Crippen molar-refractivity contribution in [2.24, 2.45) is 5.73 Å². The fourth-order valence-corrected chi connectivity index (χ4v) is 1.17. The molecular weight excluding hydrogens is 338 g/mol. The number of halogens is 3. The Morgan fingerprint density at radius 3 is 2.71 bits per heavy atom. The first-order valence-electron chi connectivity index (χ1n) is 3.52. The van der Waals surface area contributed by atoms with Crippen LogP contribution in [0.15, 0.2) is 18.2 Å². The number of amidine groups is 1. The zero-order valence-corrected chi connectivity index (χ0v) is 11.1. The van der Waals surface area contributed by atoms with E-state index in [1.165, 1.54) is 23.9 Å². The zero-order chi connectivity index (χ0) is 9.84. The molecule has 2 nitrogen and oxygen atoms in total. The topological polar surface area (TPSA) is 40.0 Å². The highest BCUT2D eigenvalue weighted by Crippen LogP contribution is 2.15. The van der Waals surface area contributed by atoms with Gasteiger partial charge >= 0.3 is 5.17 Å². The van der Waals surface area contributed by atoms with Crippen LogP contribution in [0.25, 0.3) is 0 Å². The molecule has 1 aromatic rings. The van der Waals surface area contributed by atoms with Gasteiger partial charge < -0.3 is 24.0 Å². The van der Waals surface area contributed by atoms with Gasteiger partial charge in [-0.05, 0) is 30.2 Å². The lowest BCUT2D eigenvalue weighted by atomic mass is 10.3. The molecule has 6 heteroatoms. The molecule has 0 fully saturated rings. The highest BCUT2D eigenvalue weighted by atomic mass is 127. The molecule has 14 heavy (non-hydrogen) atoms. The van der Waals surface area contributed by atoms with Crippen molar-refractivity contribution in [3.8, 4) is 0 Å². The Morgan fingerprint density at radius 2 is 2.21 bits per heavy atom. The standard InChI is InChI=1S/C8H8ClFN2S.HI/c1-13-8(11)12-5-2-3-7(10)6(9)4-5;/h2-4H,1H3,(H2,11,12);1H. The van der Waals surface area contributed by atoms with Crippen LogP contribution in [0.4, 0.5) is 10.1 Å². The molecule has 0 aliphatic carbocycles. The second-order valence-electron chi connectivity index (χ2n) is 2.32. The molecule has 1 aromatic carbocycles. The summed E-state index contributed by atoms with van der Waals surface area (Å²) < 4.78 is 12.7. The number of nitrogens with one attached hydrogen (secondary N) is 1. The van der Waals surface area contributed by atoms with E-state index < -0.39 is 5.82 Å². The van der Waals surface area contributed by atoms with E-state index in [2.05, 4.69) is 4.99 Å². The molecule has 0 aromatic heterocycles. The summed E-state index contributed by atoms with van der Waals surface area (Å²) in [6.07, 6.45) is 1.84. The van der Waals surface area contributed by atoms with Crippen molar-refractivity contribution >= 4 is 34.2 Å². The van der Waals surface area contributed by atoms with Crippen molar-refractivity contribution in [1.82, 2.24) is 0 Å². The molecule has 0 unspecified atom stereocenters. The highest BCUT2D eigenvalue weighted by molar-refractivity contribution is 8.12. The van der Waals surface area contributed by atoms with Gasteiger partial charge in [0.15, 0.2) is 0 Å². The number of rotatable bonds is 1. The molecule has 0 aliphatic heterocycles. The van der Waals surface area contributed by atoms with Crippen molar-refractivity contribution in [2.45, 2.75) is 0 Å². The molecule has 1 rings (SSSR count). The summed E-state index contributed by atoms with van der Waals surface area (Å²) in [5.74, 6) is -0.435. The maximum Gasteiger partial charge on any atom is 0.306 e. The van der Waals surface area contributed by atoms with E-state index in [1.54, 1.807) is 6.07 Å². The van der Waals surface area contributed by atoms with Crippen molar-refractivity contribution in [3.63, 3.8) is 0 Å². The lowest BCUT2D eigenvalue weighted by Crippen LogP contribution is -3.00. The third-order valence-electron chi connectivity index (χ3n) is 1.41. The monoisotopic (exact) mass is 346 g/mol. The van der Waals surface area contributed by atoms with Crippen LogP contribution < -0.4 is 34.7 Å². The Hall–Kier alpha value is -0.0100. The van der Waals surface area contributed by atoms with Crippen LogP contribution in [0.5, 0.6) is 0 Å². The number of benzene rings is 1. The maximum atomic E-state index is 12.7. The SMILES string of the molecule is CSC(N)=[NH+]c1ccc(F)c(Cl)c1.[I-]. The summed E-state index contributed by atoms with van der Waals surface area (Å²) in [7, 11) is 0. The van der Waals surface area contributed by atoms with Gasteiger partial charge in [0.2, 0.25) is 0 Å². The summed E-state index contributed by atoms with van der Waals surface area (Å²) in [6.45, 7) is 0. The van der Waals surface area contributed by atoms with Crippen molar-refractivity contribution in [2.75, 3.05) is 6.26 Å². The summed E-state index contributed by atoms with van der Waals surface area (Å²) >= 11 is 6.94. The van der Waals surface area contributed by atoms with Crippen molar-refractivity contribution < 1.29 is 33.4 Å². The smallest absolute Gasteiger partial charge is 0.306 e.